The van der Waals surface area contributed by atoms with Crippen LogP contribution in [-0.4, -0.2) is 16.6 Å². The van der Waals surface area contributed by atoms with E-state index in [0.717, 1.165) is 16.4 Å². The van der Waals surface area contributed by atoms with Crippen molar-refractivity contribution in [3.05, 3.63) is 30.3 Å². The summed E-state index contributed by atoms with van der Waals surface area (Å²) in [5.41, 5.74) is 0.930. The van der Waals surface area contributed by atoms with Crippen LogP contribution in [0.15, 0.2) is 30.3 Å². The Bertz CT molecular complexity index is 439. The number of nitrogens with one attached hydrogen (secondary N) is 1. The zero-order chi connectivity index (χ0) is 10.7. The summed E-state index contributed by atoms with van der Waals surface area (Å²) in [5, 5.41) is 13.0. The Kier molecular flexibility index (Phi) is 2.73. The summed E-state index contributed by atoms with van der Waals surface area (Å²) in [5.74, 6) is 0.851. The Labute approximate surface area is 91.3 Å². The molecule has 0 saturated heterocycles. The van der Waals surface area contributed by atoms with Crippen molar-refractivity contribution in [2.45, 2.75) is 0 Å². The summed E-state index contributed by atoms with van der Waals surface area (Å²) < 4.78 is 8.80. The zero-order valence-electron chi connectivity index (χ0n) is 8.10. The molecule has 0 fully saturated rings. The van der Waals surface area contributed by atoms with Gasteiger partial charge in [0.15, 0.2) is 0 Å². The van der Waals surface area contributed by atoms with Gasteiger partial charge in [0.1, 0.15) is 10.8 Å². The largest absolute Gasteiger partial charge is 0.497 e. The van der Waals surface area contributed by atoms with Gasteiger partial charge < -0.3 is 15.2 Å². The van der Waals surface area contributed by atoms with Crippen LogP contribution in [0.5, 0.6) is 11.6 Å². The fourth-order valence-corrected chi connectivity index (χ4v) is 1.71. The van der Waals surface area contributed by atoms with E-state index in [0.29, 0.717) is 0 Å². The van der Waals surface area contributed by atoms with Crippen molar-refractivity contribution in [3.63, 3.8) is 0 Å². The molecule has 0 atom stereocenters. The van der Waals surface area contributed by atoms with Gasteiger partial charge in [0.05, 0.1) is 7.11 Å². The van der Waals surface area contributed by atoms with Crippen LogP contribution in [0.1, 0.15) is 0 Å². The number of anilines is 2. The Morgan fingerprint density at radius 1 is 1.33 bits per heavy atom. The number of hydrogen-bond donors (Lipinski definition) is 2. The summed E-state index contributed by atoms with van der Waals surface area (Å²) >= 11 is 1.21. The molecule has 15 heavy (non-hydrogen) atoms. The van der Waals surface area contributed by atoms with E-state index in [9.17, 15) is 0 Å². The summed E-state index contributed by atoms with van der Waals surface area (Å²) in [6.45, 7) is 0. The molecule has 0 aliphatic rings. The third-order valence-electron chi connectivity index (χ3n) is 1.86. The van der Waals surface area contributed by atoms with Crippen molar-refractivity contribution in [1.82, 2.24) is 4.37 Å². The van der Waals surface area contributed by atoms with Gasteiger partial charge in [-0.15, -0.1) is 0 Å². The Hall–Kier alpha value is -1.75. The van der Waals surface area contributed by atoms with E-state index in [-0.39, 0.29) is 5.88 Å². The number of aromatic hydroxyl groups is 1. The number of aromatic nitrogens is 1. The molecule has 4 nitrogen and oxygen atoms in total. The predicted octanol–water partition coefficient (Wildman–Crippen LogP) is 2.60. The second-order valence-electron chi connectivity index (χ2n) is 2.90. The molecular weight excluding hydrogens is 212 g/mol. The van der Waals surface area contributed by atoms with Crippen LogP contribution in [-0.2, 0) is 0 Å². The predicted molar refractivity (Wildman–Crippen MR) is 60.1 cm³/mol. The molecule has 0 bridgehead atoms. The SMILES string of the molecule is COc1ccc(Nc2cc(O)ns2)cc1. The minimum absolute atomic E-state index is 0.0380. The first-order valence-corrected chi connectivity index (χ1v) is 5.12. The quantitative estimate of drug-likeness (QED) is 0.838. The van der Waals surface area contributed by atoms with Crippen molar-refractivity contribution in [2.75, 3.05) is 12.4 Å². The molecule has 2 N–H and O–H groups in total. The minimum Gasteiger partial charge on any atom is -0.497 e. The molecule has 0 spiro atoms. The highest BCUT2D eigenvalue weighted by atomic mass is 32.1. The normalized spacial score (nSPS) is 9.93. The van der Waals surface area contributed by atoms with Gasteiger partial charge >= 0.3 is 0 Å². The van der Waals surface area contributed by atoms with Crippen LogP contribution in [0.25, 0.3) is 0 Å². The number of rotatable bonds is 3. The first-order chi connectivity index (χ1) is 7.28. The van der Waals surface area contributed by atoms with Gasteiger partial charge in [0.2, 0.25) is 5.88 Å². The smallest absolute Gasteiger partial charge is 0.224 e. The van der Waals surface area contributed by atoms with Crippen molar-refractivity contribution in [3.8, 4) is 11.6 Å². The van der Waals surface area contributed by atoms with Gasteiger partial charge in [-0.3, -0.25) is 0 Å². The van der Waals surface area contributed by atoms with E-state index in [1.54, 1.807) is 13.2 Å². The molecule has 1 heterocycles. The third-order valence-corrected chi connectivity index (χ3v) is 2.55. The first kappa shape index (κ1) is 9.79. The first-order valence-electron chi connectivity index (χ1n) is 4.35. The monoisotopic (exact) mass is 222 g/mol. The van der Waals surface area contributed by atoms with Crippen LogP contribution in [0, 0.1) is 0 Å². The maximum Gasteiger partial charge on any atom is 0.224 e. The summed E-state index contributed by atoms with van der Waals surface area (Å²) in [7, 11) is 1.63. The highest BCUT2D eigenvalue weighted by Crippen LogP contribution is 2.25. The van der Waals surface area contributed by atoms with E-state index in [1.807, 2.05) is 24.3 Å². The van der Waals surface area contributed by atoms with Crippen molar-refractivity contribution >= 4 is 22.2 Å². The van der Waals surface area contributed by atoms with E-state index < -0.39 is 0 Å². The maximum absolute atomic E-state index is 9.05. The molecule has 2 aromatic rings. The average Bonchev–Trinajstić information content (AvgIpc) is 2.65. The fraction of sp³-hybridized carbons (Fsp3) is 0.100. The lowest BCUT2D eigenvalue weighted by Crippen LogP contribution is -1.87. The second-order valence-corrected chi connectivity index (χ2v) is 3.71. The van der Waals surface area contributed by atoms with Crippen LogP contribution in [0.3, 0.4) is 0 Å². The van der Waals surface area contributed by atoms with E-state index in [2.05, 4.69) is 9.69 Å². The summed E-state index contributed by atoms with van der Waals surface area (Å²) in [4.78, 5) is 0. The molecule has 78 valence electrons. The molecule has 0 saturated carbocycles. The number of nitrogens with zero attached hydrogens (tertiary/aromatic N) is 1. The van der Waals surface area contributed by atoms with Gasteiger partial charge in [-0.05, 0) is 35.8 Å². The van der Waals surface area contributed by atoms with Gasteiger partial charge in [-0.2, -0.15) is 4.37 Å². The maximum atomic E-state index is 9.05. The Morgan fingerprint density at radius 3 is 2.60 bits per heavy atom. The average molecular weight is 222 g/mol. The molecule has 5 heteroatoms. The lowest BCUT2D eigenvalue weighted by atomic mass is 10.3. The van der Waals surface area contributed by atoms with Gasteiger partial charge in [0.25, 0.3) is 0 Å². The minimum atomic E-state index is 0.0380. The van der Waals surface area contributed by atoms with Gasteiger partial charge in [-0.25, -0.2) is 0 Å². The molecule has 0 aliphatic carbocycles. The highest BCUT2D eigenvalue weighted by molar-refractivity contribution is 7.10. The molecule has 0 radical (unpaired) electrons. The van der Waals surface area contributed by atoms with E-state index in [4.69, 9.17) is 9.84 Å². The van der Waals surface area contributed by atoms with Crippen molar-refractivity contribution < 1.29 is 9.84 Å². The number of ether oxygens (including phenoxy) is 1. The van der Waals surface area contributed by atoms with Gasteiger partial charge in [0, 0.05) is 11.8 Å². The molecular formula is C10H10N2O2S. The van der Waals surface area contributed by atoms with Crippen LogP contribution in [0.2, 0.25) is 0 Å². The molecule has 1 aromatic carbocycles. The summed E-state index contributed by atoms with van der Waals surface area (Å²) in [6.07, 6.45) is 0. The number of benzene rings is 1. The van der Waals surface area contributed by atoms with Crippen molar-refractivity contribution in [1.29, 1.82) is 0 Å². The van der Waals surface area contributed by atoms with E-state index in [1.165, 1.54) is 11.5 Å². The van der Waals surface area contributed by atoms with Crippen LogP contribution in [0.4, 0.5) is 10.7 Å². The zero-order valence-corrected chi connectivity index (χ0v) is 8.91. The molecule has 0 aliphatic heterocycles. The van der Waals surface area contributed by atoms with Crippen LogP contribution < -0.4 is 10.1 Å². The Balaban J connectivity index is 2.11. The number of methoxy groups -OCH3 is 1. The molecule has 0 unspecified atom stereocenters. The van der Waals surface area contributed by atoms with Gasteiger partial charge in [-0.1, -0.05) is 0 Å². The number of hydrogen-bond acceptors (Lipinski definition) is 5. The second kappa shape index (κ2) is 4.18. The molecule has 1 aromatic heterocycles. The van der Waals surface area contributed by atoms with Crippen molar-refractivity contribution in [2.24, 2.45) is 0 Å². The van der Waals surface area contributed by atoms with E-state index >= 15 is 0 Å². The standard InChI is InChI=1S/C10H10N2O2S/c1-14-8-4-2-7(3-5-8)11-10-6-9(13)12-15-10/h2-6,11H,1H3,(H,12,13). The van der Waals surface area contributed by atoms with Crippen LogP contribution >= 0.6 is 11.5 Å². The topological polar surface area (TPSA) is 54.4 Å². The summed E-state index contributed by atoms with van der Waals surface area (Å²) in [6, 6.07) is 9.10. The Morgan fingerprint density at radius 2 is 2.07 bits per heavy atom. The molecule has 2 rings (SSSR count). The lowest BCUT2D eigenvalue weighted by Gasteiger charge is -2.03. The lowest BCUT2D eigenvalue weighted by molar-refractivity contribution is 0.415. The third kappa shape index (κ3) is 2.38. The highest BCUT2D eigenvalue weighted by Gasteiger charge is 2.00. The molecule has 0 amide bonds. The fourth-order valence-electron chi connectivity index (χ4n) is 1.14.